The molecule has 0 amide bonds. The summed E-state index contributed by atoms with van der Waals surface area (Å²) in [5, 5.41) is 9.02. The van der Waals surface area contributed by atoms with Gasteiger partial charge in [0.25, 0.3) is 0 Å². The molecule has 0 unspecified atom stereocenters. The molecule has 23 heavy (non-hydrogen) atoms. The van der Waals surface area contributed by atoms with Crippen molar-refractivity contribution in [3.63, 3.8) is 0 Å². The Balaban J connectivity index is 2.42. The first-order chi connectivity index (χ1) is 10.5. The molecule has 1 saturated heterocycles. The molecule has 0 saturated carbocycles. The normalized spacial score (nSPS) is 17.2. The van der Waals surface area contributed by atoms with Gasteiger partial charge in [-0.3, -0.25) is 4.79 Å². The van der Waals surface area contributed by atoms with Crippen molar-refractivity contribution in [2.45, 2.75) is 22.6 Å². The van der Waals surface area contributed by atoms with Crippen LogP contribution in [-0.2, 0) is 24.5 Å². The van der Waals surface area contributed by atoms with Gasteiger partial charge in [-0.1, -0.05) is 0 Å². The average Bonchev–Trinajstić information content (AvgIpc) is 2.45. The highest BCUT2D eigenvalue weighted by atomic mass is 32.2. The molecule has 7 nitrogen and oxygen atoms in total. The Morgan fingerprint density at radius 3 is 2.09 bits per heavy atom. The molecule has 9 heteroatoms. The third kappa shape index (κ3) is 4.03. The van der Waals surface area contributed by atoms with Gasteiger partial charge in [0.1, 0.15) is 0 Å². The average molecular weight is 361 g/mol. The van der Waals surface area contributed by atoms with Crippen LogP contribution < -0.4 is 4.90 Å². The van der Waals surface area contributed by atoms with E-state index in [4.69, 9.17) is 5.11 Å². The lowest BCUT2D eigenvalue weighted by Crippen LogP contribution is -2.37. The monoisotopic (exact) mass is 361 g/mol. The number of hydrogen-bond donors (Lipinski definition) is 1. The van der Waals surface area contributed by atoms with Crippen LogP contribution >= 0.6 is 0 Å². The molecule has 1 aromatic rings. The van der Waals surface area contributed by atoms with Crippen LogP contribution in [0.1, 0.15) is 12.8 Å². The number of carbonyl (C=O) groups is 1. The Kier molecular flexibility index (Phi) is 4.72. The van der Waals surface area contributed by atoms with Crippen LogP contribution in [0.3, 0.4) is 0 Å². The Labute approximate surface area is 135 Å². The van der Waals surface area contributed by atoms with Gasteiger partial charge in [0, 0.05) is 25.6 Å². The summed E-state index contributed by atoms with van der Waals surface area (Å²) in [6.45, 7) is 0.829. The molecule has 0 atom stereocenters. The van der Waals surface area contributed by atoms with Crippen LogP contribution in [0.4, 0.5) is 5.69 Å². The lowest BCUT2D eigenvalue weighted by atomic mass is 9.97. The maximum absolute atomic E-state index is 12.0. The van der Waals surface area contributed by atoms with Gasteiger partial charge in [0.05, 0.1) is 21.4 Å². The van der Waals surface area contributed by atoms with Crippen LogP contribution in [0.2, 0.25) is 0 Å². The molecule has 2 rings (SSSR count). The van der Waals surface area contributed by atoms with Gasteiger partial charge in [-0.25, -0.2) is 16.8 Å². The number of benzene rings is 1. The smallest absolute Gasteiger partial charge is 0.306 e. The molecule has 0 bridgehead atoms. The van der Waals surface area contributed by atoms with E-state index in [1.165, 1.54) is 18.2 Å². The molecule has 128 valence electrons. The summed E-state index contributed by atoms with van der Waals surface area (Å²) in [5.41, 5.74) is 0.420. The summed E-state index contributed by atoms with van der Waals surface area (Å²) in [4.78, 5) is 12.7. The fraction of sp³-hybridized carbons (Fsp3) is 0.500. The molecule has 1 aromatic carbocycles. The van der Waals surface area contributed by atoms with Gasteiger partial charge in [-0.2, -0.15) is 0 Å². The lowest BCUT2D eigenvalue weighted by Gasteiger charge is -2.33. The molecule has 1 aliphatic rings. The highest BCUT2D eigenvalue weighted by Crippen LogP contribution is 2.31. The fourth-order valence-corrected chi connectivity index (χ4v) is 4.29. The highest BCUT2D eigenvalue weighted by molar-refractivity contribution is 7.91. The molecule has 1 heterocycles. The number of hydrogen-bond acceptors (Lipinski definition) is 6. The van der Waals surface area contributed by atoms with Crippen LogP contribution in [-0.4, -0.2) is 53.5 Å². The molecule has 1 aliphatic heterocycles. The standard InChI is InChI=1S/C14H19NO6S2/c1-22(18,19)11-3-4-12(13(9-11)23(2,20)21)15-7-5-10(6-8-15)14(16)17/h3-4,9-10H,5-8H2,1-2H3,(H,16,17). The minimum absolute atomic E-state index is 0.0470. The zero-order chi connectivity index (χ0) is 17.4. The van der Waals surface area contributed by atoms with Crippen molar-refractivity contribution in [1.82, 2.24) is 0 Å². The van der Waals surface area contributed by atoms with Gasteiger partial charge in [0.15, 0.2) is 19.7 Å². The van der Waals surface area contributed by atoms with E-state index in [2.05, 4.69) is 0 Å². The number of carboxylic acids is 1. The van der Waals surface area contributed by atoms with Crippen molar-refractivity contribution in [3.8, 4) is 0 Å². The fourth-order valence-electron chi connectivity index (χ4n) is 2.65. The molecule has 0 aliphatic carbocycles. The number of piperidine rings is 1. The highest BCUT2D eigenvalue weighted by Gasteiger charge is 2.28. The number of carboxylic acid groups (broad SMARTS) is 1. The van der Waals surface area contributed by atoms with Crippen LogP contribution in [0.15, 0.2) is 28.0 Å². The van der Waals surface area contributed by atoms with Crippen molar-refractivity contribution < 1.29 is 26.7 Å². The van der Waals surface area contributed by atoms with Gasteiger partial charge in [-0.15, -0.1) is 0 Å². The largest absolute Gasteiger partial charge is 0.481 e. The topological polar surface area (TPSA) is 109 Å². The third-order valence-electron chi connectivity index (χ3n) is 3.94. The number of rotatable bonds is 4. The number of sulfone groups is 2. The zero-order valence-electron chi connectivity index (χ0n) is 12.9. The van der Waals surface area contributed by atoms with E-state index in [0.29, 0.717) is 31.6 Å². The Bertz CT molecular complexity index is 821. The SMILES string of the molecule is CS(=O)(=O)c1ccc(N2CCC(C(=O)O)CC2)c(S(C)(=O)=O)c1. The van der Waals surface area contributed by atoms with E-state index >= 15 is 0 Å². The number of aliphatic carboxylic acids is 1. The van der Waals surface area contributed by atoms with Crippen molar-refractivity contribution in [2.24, 2.45) is 5.92 Å². The minimum Gasteiger partial charge on any atom is -0.481 e. The van der Waals surface area contributed by atoms with Crippen molar-refractivity contribution >= 4 is 31.3 Å². The van der Waals surface area contributed by atoms with E-state index in [0.717, 1.165) is 12.5 Å². The summed E-state index contributed by atoms with van der Waals surface area (Å²) in [7, 11) is -7.13. The van der Waals surface area contributed by atoms with E-state index in [-0.39, 0.29) is 9.79 Å². The first kappa shape index (κ1) is 17.7. The third-order valence-corrected chi connectivity index (χ3v) is 6.18. The maximum Gasteiger partial charge on any atom is 0.306 e. The molecule has 1 fully saturated rings. The summed E-state index contributed by atoms with van der Waals surface area (Å²) >= 11 is 0. The van der Waals surface area contributed by atoms with Gasteiger partial charge < -0.3 is 10.0 Å². The first-order valence-electron chi connectivity index (χ1n) is 7.02. The molecule has 1 N–H and O–H groups in total. The van der Waals surface area contributed by atoms with E-state index in [1.807, 2.05) is 0 Å². The van der Waals surface area contributed by atoms with Gasteiger partial charge >= 0.3 is 5.97 Å². The van der Waals surface area contributed by atoms with Gasteiger partial charge in [0.2, 0.25) is 0 Å². The predicted molar refractivity (Wildman–Crippen MR) is 85.2 cm³/mol. The number of nitrogens with zero attached hydrogens (tertiary/aromatic N) is 1. The summed E-state index contributed by atoms with van der Waals surface area (Å²) < 4.78 is 47.4. The predicted octanol–water partition coefficient (Wildman–Crippen LogP) is 0.795. The second kappa shape index (κ2) is 6.12. The Morgan fingerprint density at radius 1 is 1.09 bits per heavy atom. The Morgan fingerprint density at radius 2 is 1.65 bits per heavy atom. The summed E-state index contributed by atoms with van der Waals surface area (Å²) in [6.07, 6.45) is 2.90. The van der Waals surface area contributed by atoms with Crippen molar-refractivity contribution in [1.29, 1.82) is 0 Å². The van der Waals surface area contributed by atoms with E-state index in [1.54, 1.807) is 4.90 Å². The molecule has 0 radical (unpaired) electrons. The lowest BCUT2D eigenvalue weighted by molar-refractivity contribution is -0.142. The second-order valence-electron chi connectivity index (χ2n) is 5.77. The first-order valence-corrected chi connectivity index (χ1v) is 10.8. The quantitative estimate of drug-likeness (QED) is 0.844. The van der Waals surface area contributed by atoms with E-state index < -0.39 is 31.6 Å². The van der Waals surface area contributed by atoms with Crippen LogP contribution in [0.25, 0.3) is 0 Å². The summed E-state index contributed by atoms with van der Waals surface area (Å²) in [5.74, 6) is -1.27. The zero-order valence-corrected chi connectivity index (χ0v) is 14.5. The molecular weight excluding hydrogens is 342 g/mol. The molecule has 0 aromatic heterocycles. The minimum atomic E-state index is -3.62. The van der Waals surface area contributed by atoms with Crippen molar-refractivity contribution in [3.05, 3.63) is 18.2 Å². The molecule has 0 spiro atoms. The molecular formula is C14H19NO6S2. The van der Waals surface area contributed by atoms with Crippen molar-refractivity contribution in [2.75, 3.05) is 30.5 Å². The van der Waals surface area contributed by atoms with Gasteiger partial charge in [-0.05, 0) is 31.0 Å². The maximum atomic E-state index is 12.0. The van der Waals surface area contributed by atoms with Crippen LogP contribution in [0, 0.1) is 5.92 Å². The second-order valence-corrected chi connectivity index (χ2v) is 9.77. The number of anilines is 1. The van der Waals surface area contributed by atoms with E-state index in [9.17, 15) is 21.6 Å². The van der Waals surface area contributed by atoms with Crippen LogP contribution in [0.5, 0.6) is 0 Å². The Hall–Kier alpha value is -1.61. The summed E-state index contributed by atoms with van der Waals surface area (Å²) in [6, 6.07) is 4.03.